The van der Waals surface area contributed by atoms with E-state index in [1.54, 1.807) is 0 Å². The first-order chi connectivity index (χ1) is 7.72. The highest BCUT2D eigenvalue weighted by molar-refractivity contribution is 6.31. The highest BCUT2D eigenvalue weighted by Crippen LogP contribution is 2.31. The quantitative estimate of drug-likeness (QED) is 0.477. The van der Waals surface area contributed by atoms with E-state index in [1.807, 2.05) is 0 Å². The third-order valence-corrected chi connectivity index (χ3v) is 2.00. The zero-order chi connectivity index (χ0) is 13.2. The fourth-order valence-electron chi connectivity index (χ4n) is 1.13. The molecule has 0 bridgehead atoms. The summed E-state index contributed by atoms with van der Waals surface area (Å²) in [6, 6.07) is 0. The molecule has 1 rings (SSSR count). The summed E-state index contributed by atoms with van der Waals surface area (Å²) < 4.78 is 36.4. The Morgan fingerprint density at radius 3 is 2.59 bits per heavy atom. The second kappa shape index (κ2) is 4.70. The van der Waals surface area contributed by atoms with E-state index in [9.17, 15) is 23.3 Å². The lowest BCUT2D eigenvalue weighted by Crippen LogP contribution is -2.32. The molecule has 0 aliphatic carbocycles. The lowest BCUT2D eigenvalue weighted by Gasteiger charge is -2.19. The number of alkyl halides is 3. The lowest BCUT2D eigenvalue weighted by molar-refractivity contribution is -0.384. The number of halogens is 4. The smallest absolute Gasteiger partial charge is 0.345 e. The molecular formula is C7H6ClF3N4O2. The van der Waals surface area contributed by atoms with Gasteiger partial charge in [0.2, 0.25) is 11.0 Å². The van der Waals surface area contributed by atoms with Crippen LogP contribution in [0.5, 0.6) is 0 Å². The van der Waals surface area contributed by atoms with Crippen LogP contribution in [0.15, 0.2) is 6.33 Å². The van der Waals surface area contributed by atoms with Gasteiger partial charge in [0, 0.05) is 7.05 Å². The third-order valence-electron chi connectivity index (χ3n) is 1.72. The Morgan fingerprint density at radius 1 is 1.53 bits per heavy atom. The van der Waals surface area contributed by atoms with Crippen molar-refractivity contribution in [2.45, 2.75) is 6.18 Å². The molecule has 0 aliphatic heterocycles. The number of nitro groups is 1. The maximum atomic E-state index is 12.1. The van der Waals surface area contributed by atoms with Crippen LogP contribution in [0.3, 0.4) is 0 Å². The molecule has 94 valence electrons. The summed E-state index contributed by atoms with van der Waals surface area (Å²) in [5, 5.41) is 10.1. The van der Waals surface area contributed by atoms with E-state index in [1.165, 1.54) is 0 Å². The van der Waals surface area contributed by atoms with Gasteiger partial charge < -0.3 is 4.90 Å². The molecule has 6 nitrogen and oxygen atoms in total. The standard InChI is InChI=1S/C7H6ClF3N4O2/c1-14(2-7(9,10)11)6-4(15(16)17)5(8)12-3-13-6/h3H,2H2,1H3. The van der Waals surface area contributed by atoms with Gasteiger partial charge in [0.15, 0.2) is 0 Å². The van der Waals surface area contributed by atoms with Crippen LogP contribution in [0.25, 0.3) is 0 Å². The van der Waals surface area contributed by atoms with E-state index >= 15 is 0 Å². The largest absolute Gasteiger partial charge is 0.405 e. The fraction of sp³-hybridized carbons (Fsp3) is 0.429. The molecule has 0 aliphatic rings. The molecule has 17 heavy (non-hydrogen) atoms. The zero-order valence-corrected chi connectivity index (χ0v) is 9.16. The van der Waals surface area contributed by atoms with Crippen molar-refractivity contribution >= 4 is 23.1 Å². The Kier molecular flexibility index (Phi) is 3.71. The molecule has 0 aromatic carbocycles. The Morgan fingerprint density at radius 2 is 2.12 bits per heavy atom. The molecule has 0 spiro atoms. The van der Waals surface area contributed by atoms with Crippen molar-refractivity contribution in [3.63, 3.8) is 0 Å². The van der Waals surface area contributed by atoms with Crippen molar-refractivity contribution in [1.82, 2.24) is 9.97 Å². The van der Waals surface area contributed by atoms with Gasteiger partial charge in [-0.15, -0.1) is 0 Å². The predicted octanol–water partition coefficient (Wildman–Crippen LogP) is 2.04. The average molecular weight is 271 g/mol. The van der Waals surface area contributed by atoms with Crippen LogP contribution in [-0.2, 0) is 0 Å². The molecule has 0 atom stereocenters. The summed E-state index contributed by atoms with van der Waals surface area (Å²) in [5.41, 5.74) is -0.749. The van der Waals surface area contributed by atoms with Crippen LogP contribution < -0.4 is 4.90 Å². The van der Waals surface area contributed by atoms with E-state index in [4.69, 9.17) is 11.6 Å². The van der Waals surface area contributed by atoms with Gasteiger partial charge in [-0.2, -0.15) is 13.2 Å². The first kappa shape index (κ1) is 13.4. The Hall–Kier alpha value is -1.64. The van der Waals surface area contributed by atoms with E-state index in [2.05, 4.69) is 9.97 Å². The molecule has 10 heteroatoms. The number of aromatic nitrogens is 2. The third kappa shape index (κ3) is 3.41. The Balaban J connectivity index is 3.13. The maximum Gasteiger partial charge on any atom is 0.405 e. The van der Waals surface area contributed by atoms with Crippen molar-refractivity contribution in [3.8, 4) is 0 Å². The van der Waals surface area contributed by atoms with Crippen molar-refractivity contribution < 1.29 is 18.1 Å². The van der Waals surface area contributed by atoms with Gasteiger partial charge in [0.05, 0.1) is 4.92 Å². The second-order valence-corrected chi connectivity index (χ2v) is 3.42. The highest BCUT2D eigenvalue weighted by Gasteiger charge is 2.33. The van der Waals surface area contributed by atoms with E-state index in [0.29, 0.717) is 4.90 Å². The van der Waals surface area contributed by atoms with Gasteiger partial charge in [-0.1, -0.05) is 11.6 Å². The van der Waals surface area contributed by atoms with E-state index < -0.39 is 34.3 Å². The van der Waals surface area contributed by atoms with Gasteiger partial charge in [-0.3, -0.25) is 10.1 Å². The molecular weight excluding hydrogens is 265 g/mol. The first-order valence-corrected chi connectivity index (χ1v) is 4.53. The molecule has 1 aromatic heterocycles. The zero-order valence-electron chi connectivity index (χ0n) is 8.40. The van der Waals surface area contributed by atoms with Crippen molar-refractivity contribution in [2.75, 3.05) is 18.5 Å². The van der Waals surface area contributed by atoms with Crippen molar-refractivity contribution in [2.24, 2.45) is 0 Å². The molecule has 0 unspecified atom stereocenters. The van der Waals surface area contributed by atoms with Gasteiger partial charge in [-0.05, 0) is 0 Å². The molecule has 1 heterocycles. The minimum Gasteiger partial charge on any atom is -0.345 e. The topological polar surface area (TPSA) is 72.2 Å². The van der Waals surface area contributed by atoms with Crippen LogP contribution in [0.2, 0.25) is 5.15 Å². The molecule has 0 saturated carbocycles. The minimum absolute atomic E-state index is 0.479. The molecule has 0 saturated heterocycles. The predicted molar refractivity (Wildman–Crippen MR) is 53.0 cm³/mol. The molecule has 0 radical (unpaired) electrons. The van der Waals surface area contributed by atoms with Crippen LogP contribution in [0.1, 0.15) is 0 Å². The van der Waals surface area contributed by atoms with Gasteiger partial charge in [0.1, 0.15) is 12.9 Å². The van der Waals surface area contributed by atoms with Crippen molar-refractivity contribution in [3.05, 3.63) is 21.6 Å². The molecule has 0 amide bonds. The average Bonchev–Trinajstić information content (AvgIpc) is 2.13. The maximum absolute atomic E-state index is 12.1. The van der Waals surface area contributed by atoms with Gasteiger partial charge in [-0.25, -0.2) is 9.97 Å². The van der Waals surface area contributed by atoms with Gasteiger partial charge >= 0.3 is 11.9 Å². The van der Waals surface area contributed by atoms with Gasteiger partial charge in [0.25, 0.3) is 0 Å². The van der Waals surface area contributed by atoms with Crippen LogP contribution in [-0.4, -0.2) is 34.7 Å². The Bertz CT molecular complexity index is 440. The monoisotopic (exact) mass is 270 g/mol. The summed E-state index contributed by atoms with van der Waals surface area (Å²) >= 11 is 5.44. The summed E-state index contributed by atoms with van der Waals surface area (Å²) in [6.45, 7) is -1.37. The summed E-state index contributed by atoms with van der Waals surface area (Å²) in [4.78, 5) is 17.1. The number of anilines is 1. The minimum atomic E-state index is -4.50. The number of hydrogen-bond acceptors (Lipinski definition) is 5. The van der Waals surface area contributed by atoms with Crippen LogP contribution in [0, 0.1) is 10.1 Å². The van der Waals surface area contributed by atoms with Crippen LogP contribution in [0.4, 0.5) is 24.7 Å². The molecule has 1 aromatic rings. The summed E-state index contributed by atoms with van der Waals surface area (Å²) in [5.74, 6) is -0.479. The number of rotatable bonds is 3. The molecule has 0 fully saturated rings. The first-order valence-electron chi connectivity index (χ1n) is 4.15. The summed E-state index contributed by atoms with van der Waals surface area (Å²) in [7, 11) is 1.03. The van der Waals surface area contributed by atoms with E-state index in [-0.39, 0.29) is 0 Å². The fourth-order valence-corrected chi connectivity index (χ4v) is 1.33. The number of hydrogen-bond donors (Lipinski definition) is 0. The summed E-state index contributed by atoms with van der Waals surface area (Å²) in [6.07, 6.45) is -3.64. The highest BCUT2D eigenvalue weighted by atomic mass is 35.5. The Labute approximate surface area is 98.2 Å². The SMILES string of the molecule is CN(CC(F)(F)F)c1ncnc(Cl)c1[N+](=O)[O-]. The lowest BCUT2D eigenvalue weighted by atomic mass is 10.4. The van der Waals surface area contributed by atoms with E-state index in [0.717, 1.165) is 13.4 Å². The normalized spacial score (nSPS) is 11.4. The molecule has 0 N–H and O–H groups in total. The second-order valence-electron chi connectivity index (χ2n) is 3.07. The number of nitrogens with zero attached hydrogens (tertiary/aromatic N) is 4. The van der Waals surface area contributed by atoms with Crippen molar-refractivity contribution in [1.29, 1.82) is 0 Å². The van der Waals surface area contributed by atoms with Crippen LogP contribution >= 0.6 is 11.6 Å².